The molecule has 1 aromatic heterocycles. The maximum Gasteiger partial charge on any atom is 0.0970 e. The average molecular weight is 268 g/mol. The van der Waals surface area contributed by atoms with E-state index in [2.05, 4.69) is 21.8 Å². The van der Waals surface area contributed by atoms with Gasteiger partial charge in [0.05, 0.1) is 11.7 Å². The molecule has 0 saturated heterocycles. The number of rotatable bonds is 5. The summed E-state index contributed by atoms with van der Waals surface area (Å²) in [4.78, 5) is 0. The Morgan fingerprint density at radius 2 is 2.24 bits per heavy atom. The molecule has 0 bridgehead atoms. The van der Waals surface area contributed by atoms with Crippen molar-refractivity contribution in [3.8, 4) is 0 Å². The maximum absolute atomic E-state index is 6.23. The Balaban J connectivity index is 2.30. The molecule has 0 fully saturated rings. The first-order valence-corrected chi connectivity index (χ1v) is 6.79. The van der Waals surface area contributed by atoms with Crippen LogP contribution in [0.3, 0.4) is 0 Å². The van der Waals surface area contributed by atoms with Gasteiger partial charge in [0.15, 0.2) is 0 Å². The van der Waals surface area contributed by atoms with Crippen molar-refractivity contribution < 1.29 is 0 Å². The first-order valence-electron chi connectivity index (χ1n) is 5.57. The summed E-state index contributed by atoms with van der Waals surface area (Å²) in [7, 11) is 0. The van der Waals surface area contributed by atoms with Crippen LogP contribution in [-0.2, 0) is 0 Å². The minimum absolute atomic E-state index is 0.0300. The average Bonchev–Trinajstić information content (AvgIpc) is 2.85. The van der Waals surface area contributed by atoms with E-state index in [1.165, 1.54) is 11.5 Å². The fraction of sp³-hybridized carbons (Fsp3) is 0.333. The van der Waals surface area contributed by atoms with Gasteiger partial charge in [-0.1, -0.05) is 41.2 Å². The number of hydrogen-bond acceptors (Lipinski definition) is 4. The van der Waals surface area contributed by atoms with Crippen molar-refractivity contribution in [1.29, 1.82) is 0 Å². The zero-order valence-corrected chi connectivity index (χ0v) is 11.1. The van der Waals surface area contributed by atoms with Crippen molar-refractivity contribution in [1.82, 2.24) is 14.9 Å². The third-order valence-electron chi connectivity index (χ3n) is 2.49. The molecule has 2 rings (SSSR count). The van der Waals surface area contributed by atoms with Gasteiger partial charge in [0, 0.05) is 10.4 Å². The number of benzene rings is 1. The molecule has 1 atom stereocenters. The van der Waals surface area contributed by atoms with Crippen molar-refractivity contribution in [2.75, 3.05) is 6.54 Å². The third kappa shape index (κ3) is 3.03. The maximum atomic E-state index is 6.23. The van der Waals surface area contributed by atoms with Gasteiger partial charge in [0.2, 0.25) is 0 Å². The Bertz CT molecular complexity index is 459. The van der Waals surface area contributed by atoms with Crippen LogP contribution in [0.5, 0.6) is 0 Å². The fourth-order valence-corrected chi connectivity index (χ4v) is 2.39. The largest absolute Gasteiger partial charge is 0.305 e. The first-order chi connectivity index (χ1) is 8.33. The molecule has 1 heterocycles. The van der Waals surface area contributed by atoms with E-state index < -0.39 is 0 Å². The molecule has 1 unspecified atom stereocenters. The van der Waals surface area contributed by atoms with Crippen molar-refractivity contribution in [3.05, 3.63) is 45.9 Å². The lowest BCUT2D eigenvalue weighted by molar-refractivity contribution is 0.585. The van der Waals surface area contributed by atoms with Gasteiger partial charge in [-0.2, -0.15) is 0 Å². The van der Waals surface area contributed by atoms with Crippen molar-refractivity contribution in [2.45, 2.75) is 19.4 Å². The molecule has 0 aliphatic heterocycles. The molecule has 2 aromatic rings. The number of nitrogens with one attached hydrogen (secondary N) is 1. The molecule has 0 radical (unpaired) electrons. The molecule has 17 heavy (non-hydrogen) atoms. The Kier molecular flexibility index (Phi) is 4.48. The van der Waals surface area contributed by atoms with E-state index in [0.717, 1.165) is 29.2 Å². The lowest BCUT2D eigenvalue weighted by Gasteiger charge is -2.17. The number of nitrogens with zero attached hydrogens (tertiary/aromatic N) is 2. The second kappa shape index (κ2) is 6.10. The topological polar surface area (TPSA) is 37.8 Å². The standard InChI is InChI=1S/C12H14ClN3S/c1-2-7-14-12(11-8-17-16-15-11)9-5-3-4-6-10(9)13/h3-6,8,12,14H,2,7H2,1H3. The van der Waals surface area contributed by atoms with E-state index in [1.807, 2.05) is 29.6 Å². The van der Waals surface area contributed by atoms with Gasteiger partial charge in [-0.3, -0.25) is 0 Å². The van der Waals surface area contributed by atoms with E-state index >= 15 is 0 Å². The number of halogens is 1. The molecule has 0 saturated carbocycles. The predicted octanol–water partition coefficient (Wildman–Crippen LogP) is 3.28. The first kappa shape index (κ1) is 12.5. The van der Waals surface area contributed by atoms with Gasteiger partial charge < -0.3 is 5.32 Å². The molecule has 0 aliphatic rings. The molecule has 0 amide bonds. The highest BCUT2D eigenvalue weighted by Gasteiger charge is 2.18. The van der Waals surface area contributed by atoms with Crippen LogP contribution in [-0.4, -0.2) is 16.1 Å². The van der Waals surface area contributed by atoms with Crippen LogP contribution in [0.2, 0.25) is 5.02 Å². The highest BCUT2D eigenvalue weighted by Crippen LogP contribution is 2.27. The quantitative estimate of drug-likeness (QED) is 0.903. The van der Waals surface area contributed by atoms with Crippen LogP contribution >= 0.6 is 23.1 Å². The summed E-state index contributed by atoms with van der Waals surface area (Å²) in [6.45, 7) is 3.06. The SMILES string of the molecule is CCCNC(c1csnn1)c1ccccc1Cl. The van der Waals surface area contributed by atoms with E-state index in [4.69, 9.17) is 11.6 Å². The van der Waals surface area contributed by atoms with Gasteiger partial charge in [0.25, 0.3) is 0 Å². The Morgan fingerprint density at radius 3 is 2.88 bits per heavy atom. The predicted molar refractivity (Wildman–Crippen MR) is 71.5 cm³/mol. The Morgan fingerprint density at radius 1 is 1.41 bits per heavy atom. The summed E-state index contributed by atoms with van der Waals surface area (Å²) in [5.74, 6) is 0. The van der Waals surface area contributed by atoms with Crippen molar-refractivity contribution in [2.24, 2.45) is 0 Å². The normalized spacial score (nSPS) is 12.6. The van der Waals surface area contributed by atoms with Crippen molar-refractivity contribution >= 4 is 23.1 Å². The van der Waals surface area contributed by atoms with Crippen LogP contribution in [0.25, 0.3) is 0 Å². The minimum Gasteiger partial charge on any atom is -0.305 e. The molecule has 1 N–H and O–H groups in total. The summed E-state index contributed by atoms with van der Waals surface area (Å²) in [6, 6.07) is 7.87. The molecule has 0 aliphatic carbocycles. The summed E-state index contributed by atoms with van der Waals surface area (Å²) >= 11 is 7.59. The van der Waals surface area contributed by atoms with Gasteiger partial charge >= 0.3 is 0 Å². The summed E-state index contributed by atoms with van der Waals surface area (Å²) in [5, 5.41) is 10.3. The highest BCUT2D eigenvalue weighted by molar-refractivity contribution is 7.03. The molecule has 5 heteroatoms. The monoisotopic (exact) mass is 267 g/mol. The van der Waals surface area contributed by atoms with Gasteiger partial charge in [-0.05, 0) is 36.1 Å². The third-order valence-corrected chi connectivity index (χ3v) is 3.35. The Hall–Kier alpha value is -0.970. The van der Waals surface area contributed by atoms with Crippen molar-refractivity contribution in [3.63, 3.8) is 0 Å². The number of aromatic nitrogens is 2. The molecule has 1 aromatic carbocycles. The van der Waals surface area contributed by atoms with Crippen LogP contribution in [0.4, 0.5) is 0 Å². The van der Waals surface area contributed by atoms with Gasteiger partial charge in [-0.15, -0.1) is 5.10 Å². The van der Waals surface area contributed by atoms with E-state index in [0.29, 0.717) is 0 Å². The molecular formula is C12H14ClN3S. The second-order valence-electron chi connectivity index (χ2n) is 3.74. The highest BCUT2D eigenvalue weighted by atomic mass is 35.5. The molecule has 0 spiro atoms. The second-order valence-corrected chi connectivity index (χ2v) is 4.76. The zero-order chi connectivity index (χ0) is 12.1. The van der Waals surface area contributed by atoms with Crippen LogP contribution < -0.4 is 5.32 Å². The van der Waals surface area contributed by atoms with Crippen LogP contribution in [0, 0.1) is 0 Å². The van der Waals surface area contributed by atoms with Crippen LogP contribution in [0.1, 0.15) is 30.6 Å². The summed E-state index contributed by atoms with van der Waals surface area (Å²) in [6.07, 6.45) is 1.07. The zero-order valence-electron chi connectivity index (χ0n) is 9.56. The lowest BCUT2D eigenvalue weighted by Crippen LogP contribution is -2.23. The molecule has 90 valence electrons. The van der Waals surface area contributed by atoms with E-state index in [1.54, 1.807) is 0 Å². The molecular weight excluding hydrogens is 254 g/mol. The van der Waals surface area contributed by atoms with Gasteiger partial charge in [-0.25, -0.2) is 0 Å². The lowest BCUT2D eigenvalue weighted by atomic mass is 10.0. The van der Waals surface area contributed by atoms with Gasteiger partial charge in [0.1, 0.15) is 0 Å². The fourth-order valence-electron chi connectivity index (χ4n) is 1.67. The smallest absolute Gasteiger partial charge is 0.0970 e. The Labute approximate surface area is 110 Å². The van der Waals surface area contributed by atoms with E-state index in [9.17, 15) is 0 Å². The molecule has 3 nitrogen and oxygen atoms in total. The number of hydrogen-bond donors (Lipinski definition) is 1. The van der Waals surface area contributed by atoms with Crippen LogP contribution in [0.15, 0.2) is 29.6 Å². The minimum atomic E-state index is 0.0300. The summed E-state index contributed by atoms with van der Waals surface area (Å²) in [5.41, 5.74) is 1.98. The summed E-state index contributed by atoms with van der Waals surface area (Å²) < 4.78 is 3.91. The van der Waals surface area contributed by atoms with E-state index in [-0.39, 0.29) is 6.04 Å².